The maximum Gasteiger partial charge on any atom is 0.266 e. The molecule has 2 aliphatic heterocycles. The van der Waals surface area contributed by atoms with E-state index in [9.17, 15) is 13.2 Å². The molecule has 0 saturated carbocycles. The maximum atomic E-state index is 12.8. The molecule has 4 heterocycles. The lowest BCUT2D eigenvalue weighted by Crippen LogP contribution is -2.40. The molecular weight excluding hydrogens is 428 g/mol. The van der Waals surface area contributed by atoms with Crippen molar-refractivity contribution in [2.75, 3.05) is 39.5 Å². The second-order valence-electron chi connectivity index (χ2n) is 7.50. The van der Waals surface area contributed by atoms with Crippen molar-refractivity contribution in [3.8, 4) is 10.7 Å². The van der Waals surface area contributed by atoms with Crippen LogP contribution in [0.15, 0.2) is 17.2 Å². The molecule has 1 amide bonds. The molecule has 2 aromatic heterocycles. The van der Waals surface area contributed by atoms with Crippen LogP contribution in [0.2, 0.25) is 0 Å². The van der Waals surface area contributed by atoms with E-state index in [2.05, 4.69) is 9.71 Å². The van der Waals surface area contributed by atoms with Gasteiger partial charge in [-0.25, -0.2) is 18.1 Å². The molecule has 1 atom stereocenters. The molecule has 164 valence electrons. The van der Waals surface area contributed by atoms with E-state index in [1.807, 2.05) is 0 Å². The third-order valence-corrected chi connectivity index (χ3v) is 7.88. The summed E-state index contributed by atoms with van der Waals surface area (Å²) in [4.78, 5) is 19.9. The van der Waals surface area contributed by atoms with Crippen LogP contribution >= 0.6 is 11.3 Å². The average molecular weight is 455 g/mol. The van der Waals surface area contributed by atoms with Gasteiger partial charge in [0.25, 0.3) is 5.91 Å². The number of hydrogen-bond donors (Lipinski definition) is 1. The number of rotatable bonds is 6. The number of amides is 1. The molecule has 9 nitrogen and oxygen atoms in total. The first kappa shape index (κ1) is 21.4. The Morgan fingerprint density at radius 1 is 1.33 bits per heavy atom. The van der Waals surface area contributed by atoms with E-state index in [1.54, 1.807) is 35.7 Å². The molecule has 2 aliphatic rings. The standard InChI is InChI=1S/C19H26N4O5S2/c1-13-17(19(24)23-5-8-27-9-6-23)29-18(21-13)16-10-15(12-22(16)2)30(25,26)20-11-14-4-3-7-28-14/h10,12,14,20H,3-9,11H2,1-2H3. The van der Waals surface area contributed by atoms with E-state index in [4.69, 9.17) is 9.47 Å². The molecule has 0 aliphatic carbocycles. The second kappa shape index (κ2) is 8.75. The molecule has 0 radical (unpaired) electrons. The molecule has 1 unspecified atom stereocenters. The van der Waals surface area contributed by atoms with E-state index in [0.29, 0.717) is 54.2 Å². The molecule has 4 rings (SSSR count). The Bertz CT molecular complexity index is 1020. The summed E-state index contributed by atoms with van der Waals surface area (Å²) in [5.41, 5.74) is 1.30. The first-order valence-corrected chi connectivity index (χ1v) is 12.3. The Hall–Kier alpha value is -1.79. The van der Waals surface area contributed by atoms with E-state index in [-0.39, 0.29) is 23.5 Å². The Labute approximate surface area is 180 Å². The lowest BCUT2D eigenvalue weighted by atomic mass is 10.2. The fraction of sp³-hybridized carbons (Fsp3) is 0.579. The van der Waals surface area contributed by atoms with Gasteiger partial charge in [0, 0.05) is 39.5 Å². The molecule has 2 fully saturated rings. The highest BCUT2D eigenvalue weighted by Crippen LogP contribution is 2.31. The lowest BCUT2D eigenvalue weighted by Gasteiger charge is -2.26. The van der Waals surface area contributed by atoms with Crippen LogP contribution in [-0.2, 0) is 26.5 Å². The van der Waals surface area contributed by atoms with E-state index < -0.39 is 10.0 Å². The fourth-order valence-electron chi connectivity index (χ4n) is 3.60. The number of carbonyl (C=O) groups is 1. The smallest absolute Gasteiger partial charge is 0.266 e. The van der Waals surface area contributed by atoms with Gasteiger partial charge in [0.2, 0.25) is 10.0 Å². The minimum Gasteiger partial charge on any atom is -0.378 e. The number of nitrogens with one attached hydrogen (secondary N) is 1. The Morgan fingerprint density at radius 3 is 2.80 bits per heavy atom. The summed E-state index contributed by atoms with van der Waals surface area (Å²) in [6, 6.07) is 1.60. The number of morpholine rings is 1. The molecule has 30 heavy (non-hydrogen) atoms. The average Bonchev–Trinajstić information content (AvgIpc) is 3.47. The second-order valence-corrected chi connectivity index (χ2v) is 10.3. The number of sulfonamides is 1. The predicted octanol–water partition coefficient (Wildman–Crippen LogP) is 1.39. The molecule has 1 N–H and O–H groups in total. The summed E-state index contributed by atoms with van der Waals surface area (Å²) in [5, 5.41) is 0.618. The fourth-order valence-corrected chi connectivity index (χ4v) is 5.83. The topological polar surface area (TPSA) is 103 Å². The Morgan fingerprint density at radius 2 is 2.10 bits per heavy atom. The van der Waals surface area contributed by atoms with Gasteiger partial charge in [-0.3, -0.25) is 4.79 Å². The SMILES string of the molecule is Cc1nc(-c2cc(S(=O)(=O)NCC3CCCO3)cn2C)sc1C(=O)N1CCOCC1. The van der Waals surface area contributed by atoms with Gasteiger partial charge in [-0.15, -0.1) is 11.3 Å². The third kappa shape index (κ3) is 4.45. The van der Waals surface area contributed by atoms with Gasteiger partial charge in [0.1, 0.15) is 14.8 Å². The van der Waals surface area contributed by atoms with Gasteiger partial charge in [-0.2, -0.15) is 0 Å². The van der Waals surface area contributed by atoms with Crippen LogP contribution in [0.5, 0.6) is 0 Å². The van der Waals surface area contributed by atoms with Gasteiger partial charge >= 0.3 is 0 Å². The highest BCUT2D eigenvalue weighted by atomic mass is 32.2. The van der Waals surface area contributed by atoms with Crippen molar-refractivity contribution in [3.05, 3.63) is 22.8 Å². The number of nitrogens with zero attached hydrogens (tertiary/aromatic N) is 3. The van der Waals surface area contributed by atoms with Crippen molar-refractivity contribution in [1.29, 1.82) is 0 Å². The van der Waals surface area contributed by atoms with Crippen LogP contribution in [0.25, 0.3) is 10.7 Å². The first-order valence-electron chi connectivity index (χ1n) is 9.97. The number of aromatic nitrogens is 2. The van der Waals surface area contributed by atoms with Gasteiger partial charge in [-0.1, -0.05) is 0 Å². The highest BCUT2D eigenvalue weighted by Gasteiger charge is 2.26. The molecule has 11 heteroatoms. The number of hydrogen-bond acceptors (Lipinski definition) is 7. The van der Waals surface area contributed by atoms with Crippen LogP contribution in [0, 0.1) is 6.92 Å². The summed E-state index contributed by atoms with van der Waals surface area (Å²) >= 11 is 1.29. The van der Waals surface area contributed by atoms with Crippen LogP contribution in [-0.4, -0.2) is 74.3 Å². The lowest BCUT2D eigenvalue weighted by molar-refractivity contribution is 0.0305. The number of thiazole rings is 1. The normalized spacial score (nSPS) is 20.1. The molecule has 0 bridgehead atoms. The number of aryl methyl sites for hydroxylation is 2. The van der Waals surface area contributed by atoms with Gasteiger partial charge in [0.05, 0.1) is 30.7 Å². The zero-order chi connectivity index (χ0) is 21.3. The third-order valence-electron chi connectivity index (χ3n) is 5.32. The van der Waals surface area contributed by atoms with Crippen molar-refractivity contribution in [3.63, 3.8) is 0 Å². The minimum absolute atomic E-state index is 0.0557. The summed E-state index contributed by atoms with van der Waals surface area (Å²) in [6.07, 6.45) is 3.31. The van der Waals surface area contributed by atoms with Crippen LogP contribution < -0.4 is 4.72 Å². The number of carbonyl (C=O) groups excluding carboxylic acids is 1. The van der Waals surface area contributed by atoms with E-state index in [1.165, 1.54) is 11.3 Å². The summed E-state index contributed by atoms with van der Waals surface area (Å²) in [7, 11) is -1.88. The summed E-state index contributed by atoms with van der Waals surface area (Å²) < 4.78 is 40.6. The van der Waals surface area contributed by atoms with Crippen molar-refractivity contribution in [1.82, 2.24) is 19.2 Å². The van der Waals surface area contributed by atoms with Gasteiger partial charge in [-0.05, 0) is 25.8 Å². The molecule has 2 aromatic rings. The van der Waals surface area contributed by atoms with Crippen molar-refractivity contribution in [2.24, 2.45) is 7.05 Å². The molecule has 2 saturated heterocycles. The van der Waals surface area contributed by atoms with E-state index >= 15 is 0 Å². The zero-order valence-electron chi connectivity index (χ0n) is 17.1. The van der Waals surface area contributed by atoms with Gasteiger partial charge in [0.15, 0.2) is 0 Å². The van der Waals surface area contributed by atoms with Crippen LogP contribution in [0.1, 0.15) is 28.2 Å². The zero-order valence-corrected chi connectivity index (χ0v) is 18.7. The molecule has 0 spiro atoms. The van der Waals surface area contributed by atoms with Crippen molar-refractivity contribution >= 4 is 27.3 Å². The van der Waals surface area contributed by atoms with Crippen molar-refractivity contribution in [2.45, 2.75) is 30.8 Å². The minimum atomic E-state index is -3.66. The number of ether oxygens (including phenoxy) is 2. The summed E-state index contributed by atoms with van der Waals surface area (Å²) in [6.45, 7) is 4.95. The molecular formula is C19H26N4O5S2. The largest absolute Gasteiger partial charge is 0.378 e. The van der Waals surface area contributed by atoms with Crippen LogP contribution in [0.3, 0.4) is 0 Å². The highest BCUT2D eigenvalue weighted by molar-refractivity contribution is 7.89. The Kier molecular flexibility index (Phi) is 6.26. The Balaban J connectivity index is 1.53. The van der Waals surface area contributed by atoms with E-state index in [0.717, 1.165) is 12.8 Å². The molecule has 0 aromatic carbocycles. The van der Waals surface area contributed by atoms with Crippen molar-refractivity contribution < 1.29 is 22.7 Å². The predicted molar refractivity (Wildman–Crippen MR) is 112 cm³/mol. The van der Waals surface area contributed by atoms with Gasteiger partial charge < -0.3 is 18.9 Å². The summed E-state index contributed by atoms with van der Waals surface area (Å²) in [5.74, 6) is -0.0557. The maximum absolute atomic E-state index is 12.8. The van der Waals surface area contributed by atoms with Crippen LogP contribution in [0.4, 0.5) is 0 Å². The first-order chi connectivity index (χ1) is 14.3. The quantitative estimate of drug-likeness (QED) is 0.708. The monoisotopic (exact) mass is 454 g/mol.